The highest BCUT2D eigenvalue weighted by molar-refractivity contribution is 5.97. The molecule has 2 aromatic carbocycles. The average molecular weight is 352 g/mol. The van der Waals surface area contributed by atoms with Crippen molar-refractivity contribution in [3.05, 3.63) is 59.2 Å². The van der Waals surface area contributed by atoms with Crippen molar-refractivity contribution in [1.82, 2.24) is 5.32 Å². The molecule has 1 N–H and O–H groups in total. The molecule has 0 unspecified atom stereocenters. The van der Waals surface area contributed by atoms with E-state index in [0.717, 1.165) is 16.8 Å². The maximum Gasteiger partial charge on any atom is 0.258 e. The van der Waals surface area contributed by atoms with Gasteiger partial charge in [-0.15, -0.1) is 0 Å². The third-order valence-corrected chi connectivity index (χ3v) is 4.65. The summed E-state index contributed by atoms with van der Waals surface area (Å²) in [5.41, 5.74) is 4.30. The average Bonchev–Trinajstić information content (AvgIpc) is 2.96. The highest BCUT2D eigenvalue weighted by Gasteiger charge is 2.31. The molecule has 0 radical (unpaired) electrons. The summed E-state index contributed by atoms with van der Waals surface area (Å²) in [6.07, 6.45) is 0.309. The van der Waals surface area contributed by atoms with Crippen molar-refractivity contribution in [3.8, 4) is 5.75 Å². The summed E-state index contributed by atoms with van der Waals surface area (Å²) >= 11 is 0. The molecule has 5 heteroatoms. The van der Waals surface area contributed by atoms with Gasteiger partial charge in [0.1, 0.15) is 5.75 Å². The first-order valence-electron chi connectivity index (χ1n) is 8.79. The van der Waals surface area contributed by atoms with Gasteiger partial charge in [-0.25, -0.2) is 0 Å². The van der Waals surface area contributed by atoms with Crippen LogP contribution in [0.25, 0.3) is 0 Å². The van der Waals surface area contributed by atoms with Gasteiger partial charge in [-0.3, -0.25) is 9.59 Å². The van der Waals surface area contributed by atoms with Crippen molar-refractivity contribution < 1.29 is 14.3 Å². The first-order chi connectivity index (χ1) is 12.4. The van der Waals surface area contributed by atoms with Crippen LogP contribution < -0.4 is 15.0 Å². The van der Waals surface area contributed by atoms with Crippen LogP contribution in [0.4, 0.5) is 5.69 Å². The van der Waals surface area contributed by atoms with Crippen LogP contribution in [0.1, 0.15) is 23.1 Å². The van der Waals surface area contributed by atoms with Crippen molar-refractivity contribution in [3.63, 3.8) is 0 Å². The van der Waals surface area contributed by atoms with Crippen LogP contribution in [0.2, 0.25) is 0 Å². The van der Waals surface area contributed by atoms with E-state index in [0.29, 0.717) is 18.7 Å². The van der Waals surface area contributed by atoms with Gasteiger partial charge in [0.15, 0.2) is 6.61 Å². The number of ether oxygens (including phenoxy) is 1. The Hall–Kier alpha value is -2.82. The normalized spacial score (nSPS) is 16.7. The molecule has 0 bridgehead atoms. The van der Waals surface area contributed by atoms with E-state index in [-0.39, 0.29) is 24.5 Å². The fourth-order valence-electron chi connectivity index (χ4n) is 3.07. The number of anilines is 1. The lowest BCUT2D eigenvalue weighted by atomic mass is 10.1. The van der Waals surface area contributed by atoms with Gasteiger partial charge < -0.3 is 15.0 Å². The molecule has 1 aliphatic heterocycles. The highest BCUT2D eigenvalue weighted by atomic mass is 16.5. The Kier molecular flexibility index (Phi) is 5.26. The maximum atomic E-state index is 12.3. The molecule has 1 atom stereocenters. The van der Waals surface area contributed by atoms with E-state index >= 15 is 0 Å². The first kappa shape index (κ1) is 18.0. The highest BCUT2D eigenvalue weighted by Crippen LogP contribution is 2.24. The SMILES string of the molecule is Cc1cccc(OCC(=O)N[C@H]2CC(=O)N(c3ccc(C)c(C)c3)C2)c1. The van der Waals surface area contributed by atoms with Crippen LogP contribution in [-0.4, -0.2) is 31.0 Å². The van der Waals surface area contributed by atoms with Gasteiger partial charge in [0.2, 0.25) is 5.91 Å². The Labute approximate surface area is 154 Å². The Balaban J connectivity index is 1.55. The Morgan fingerprint density at radius 3 is 2.69 bits per heavy atom. The quantitative estimate of drug-likeness (QED) is 0.900. The number of hydrogen-bond acceptors (Lipinski definition) is 3. The molecule has 136 valence electrons. The van der Waals surface area contributed by atoms with Gasteiger partial charge in [0.05, 0.1) is 6.04 Å². The Morgan fingerprint density at radius 1 is 1.15 bits per heavy atom. The van der Waals surface area contributed by atoms with Gasteiger partial charge in [-0.2, -0.15) is 0 Å². The number of amides is 2. The summed E-state index contributed by atoms with van der Waals surface area (Å²) in [6.45, 7) is 6.47. The smallest absolute Gasteiger partial charge is 0.258 e. The third kappa shape index (κ3) is 4.23. The molecule has 0 aliphatic carbocycles. The van der Waals surface area contributed by atoms with Gasteiger partial charge in [0, 0.05) is 18.7 Å². The van der Waals surface area contributed by atoms with E-state index in [1.165, 1.54) is 5.56 Å². The number of nitrogens with zero attached hydrogens (tertiary/aromatic N) is 1. The van der Waals surface area contributed by atoms with Crippen molar-refractivity contribution in [2.45, 2.75) is 33.2 Å². The van der Waals surface area contributed by atoms with Gasteiger partial charge in [0.25, 0.3) is 5.91 Å². The molecular formula is C21H24N2O3. The van der Waals surface area contributed by atoms with Crippen molar-refractivity contribution in [2.75, 3.05) is 18.1 Å². The molecule has 1 fully saturated rings. The first-order valence-corrected chi connectivity index (χ1v) is 8.79. The predicted molar refractivity (Wildman–Crippen MR) is 101 cm³/mol. The minimum absolute atomic E-state index is 0.0261. The number of nitrogens with one attached hydrogen (secondary N) is 1. The minimum Gasteiger partial charge on any atom is -0.484 e. The number of carbonyl (C=O) groups is 2. The van der Waals surface area contributed by atoms with Gasteiger partial charge >= 0.3 is 0 Å². The molecule has 0 saturated carbocycles. The van der Waals surface area contributed by atoms with E-state index in [4.69, 9.17) is 4.74 Å². The third-order valence-electron chi connectivity index (χ3n) is 4.65. The zero-order valence-corrected chi connectivity index (χ0v) is 15.4. The summed E-state index contributed by atoms with van der Waals surface area (Å²) in [5.74, 6) is 0.476. The second kappa shape index (κ2) is 7.60. The van der Waals surface area contributed by atoms with Crippen LogP contribution in [0, 0.1) is 20.8 Å². The molecule has 1 aliphatic rings. The van der Waals surface area contributed by atoms with E-state index in [1.54, 1.807) is 4.90 Å². The predicted octanol–water partition coefficient (Wildman–Crippen LogP) is 2.91. The van der Waals surface area contributed by atoms with Gasteiger partial charge in [-0.05, 0) is 61.7 Å². The minimum atomic E-state index is -0.216. The lowest BCUT2D eigenvalue weighted by Gasteiger charge is -2.18. The van der Waals surface area contributed by atoms with Crippen LogP contribution in [-0.2, 0) is 9.59 Å². The second-order valence-corrected chi connectivity index (χ2v) is 6.85. The number of aryl methyl sites for hydroxylation is 3. The zero-order chi connectivity index (χ0) is 18.7. The van der Waals surface area contributed by atoms with Crippen LogP contribution in [0.15, 0.2) is 42.5 Å². The number of carbonyl (C=O) groups excluding carboxylic acids is 2. The fourth-order valence-corrected chi connectivity index (χ4v) is 3.07. The van der Waals surface area contributed by atoms with E-state index < -0.39 is 0 Å². The molecule has 2 amide bonds. The molecule has 0 spiro atoms. The summed E-state index contributed by atoms with van der Waals surface area (Å²) in [4.78, 5) is 26.2. The standard InChI is InChI=1S/C21H24N2O3/c1-14-5-4-6-19(9-14)26-13-20(24)22-17-11-21(25)23(12-17)18-8-7-15(2)16(3)10-18/h4-10,17H,11-13H2,1-3H3,(H,22,24)/t17-/m0/s1. The molecule has 1 heterocycles. The summed E-state index contributed by atoms with van der Waals surface area (Å²) in [5, 5.41) is 2.89. The van der Waals surface area contributed by atoms with Crippen molar-refractivity contribution in [2.24, 2.45) is 0 Å². The monoisotopic (exact) mass is 352 g/mol. The van der Waals surface area contributed by atoms with Crippen LogP contribution >= 0.6 is 0 Å². The molecule has 2 aromatic rings. The van der Waals surface area contributed by atoms with E-state index in [9.17, 15) is 9.59 Å². The lowest BCUT2D eigenvalue weighted by Crippen LogP contribution is -2.39. The second-order valence-electron chi connectivity index (χ2n) is 6.85. The maximum absolute atomic E-state index is 12.3. The van der Waals surface area contributed by atoms with E-state index in [2.05, 4.69) is 5.32 Å². The Morgan fingerprint density at radius 2 is 1.96 bits per heavy atom. The zero-order valence-electron chi connectivity index (χ0n) is 15.4. The van der Waals surface area contributed by atoms with Crippen LogP contribution in [0.3, 0.4) is 0 Å². The van der Waals surface area contributed by atoms with E-state index in [1.807, 2.05) is 63.2 Å². The molecular weight excluding hydrogens is 328 g/mol. The lowest BCUT2D eigenvalue weighted by molar-refractivity contribution is -0.123. The van der Waals surface area contributed by atoms with Gasteiger partial charge in [-0.1, -0.05) is 18.2 Å². The largest absolute Gasteiger partial charge is 0.484 e. The topological polar surface area (TPSA) is 58.6 Å². The summed E-state index contributed by atoms with van der Waals surface area (Å²) in [7, 11) is 0. The fraction of sp³-hybridized carbons (Fsp3) is 0.333. The molecule has 1 saturated heterocycles. The molecule has 3 rings (SSSR count). The summed E-state index contributed by atoms with van der Waals surface area (Å²) in [6, 6.07) is 13.3. The Bertz CT molecular complexity index is 832. The number of benzene rings is 2. The molecule has 26 heavy (non-hydrogen) atoms. The molecule has 5 nitrogen and oxygen atoms in total. The number of hydrogen-bond donors (Lipinski definition) is 1. The number of rotatable bonds is 5. The van der Waals surface area contributed by atoms with Crippen molar-refractivity contribution in [1.29, 1.82) is 0 Å². The summed E-state index contributed by atoms with van der Waals surface area (Å²) < 4.78 is 5.52. The molecule has 0 aromatic heterocycles. The van der Waals surface area contributed by atoms with Crippen molar-refractivity contribution >= 4 is 17.5 Å². The van der Waals surface area contributed by atoms with Crippen LogP contribution in [0.5, 0.6) is 5.75 Å².